The van der Waals surface area contributed by atoms with Crippen molar-refractivity contribution < 1.29 is 5.11 Å². The maximum atomic E-state index is 10.3. The molecule has 1 aliphatic carbocycles. The lowest BCUT2D eigenvalue weighted by Crippen LogP contribution is -2.47. The minimum absolute atomic E-state index is 0.101. The first-order valence-corrected chi connectivity index (χ1v) is 6.42. The van der Waals surface area contributed by atoms with E-state index in [0.29, 0.717) is 0 Å². The summed E-state index contributed by atoms with van der Waals surface area (Å²) in [7, 11) is 2.08. The first-order valence-electron chi connectivity index (χ1n) is 6.42. The molecule has 0 amide bonds. The summed E-state index contributed by atoms with van der Waals surface area (Å²) < 4.78 is 0. The van der Waals surface area contributed by atoms with Crippen LogP contribution in [0.1, 0.15) is 46.5 Å². The number of rotatable bonds is 5. The van der Waals surface area contributed by atoms with E-state index in [0.717, 1.165) is 25.9 Å². The van der Waals surface area contributed by atoms with Gasteiger partial charge in [-0.05, 0) is 32.2 Å². The molecule has 0 spiro atoms. The van der Waals surface area contributed by atoms with E-state index in [1.165, 1.54) is 12.8 Å². The summed E-state index contributed by atoms with van der Waals surface area (Å²) in [6.45, 7) is 8.15. The highest BCUT2D eigenvalue weighted by Gasteiger charge is 2.34. The van der Waals surface area contributed by atoms with Gasteiger partial charge in [0.1, 0.15) is 0 Å². The summed E-state index contributed by atoms with van der Waals surface area (Å²) in [5, 5.41) is 10.3. The van der Waals surface area contributed by atoms with E-state index in [2.05, 4.69) is 32.7 Å². The number of aliphatic hydroxyl groups is 1. The maximum absolute atomic E-state index is 10.3. The molecule has 1 saturated carbocycles. The number of nitrogens with zero attached hydrogens (tertiary/aromatic N) is 1. The molecule has 3 N–H and O–H groups in total. The Bertz CT molecular complexity index is 213. The van der Waals surface area contributed by atoms with Crippen LogP contribution in [0.3, 0.4) is 0 Å². The summed E-state index contributed by atoms with van der Waals surface area (Å²) >= 11 is 0. The van der Waals surface area contributed by atoms with E-state index in [1.54, 1.807) is 0 Å². The first-order chi connectivity index (χ1) is 7.25. The predicted molar refractivity (Wildman–Crippen MR) is 68.3 cm³/mol. The molecule has 1 unspecified atom stereocenters. The van der Waals surface area contributed by atoms with E-state index in [4.69, 9.17) is 5.73 Å². The first kappa shape index (κ1) is 13.9. The zero-order valence-electron chi connectivity index (χ0n) is 11.3. The lowest BCUT2D eigenvalue weighted by Gasteiger charge is -2.36. The topological polar surface area (TPSA) is 49.5 Å². The summed E-state index contributed by atoms with van der Waals surface area (Å²) in [5.74, 6) is 0. The smallest absolute Gasteiger partial charge is 0.0774 e. The standard InChI is InChI=1S/C13H28N2O/c1-11(14)12(2,3)9-15(4)10-13(16)7-5-6-8-13/h11,16H,5-10,14H2,1-4H3. The zero-order valence-corrected chi connectivity index (χ0v) is 11.3. The Morgan fingerprint density at radius 2 is 1.88 bits per heavy atom. The molecule has 0 bridgehead atoms. The van der Waals surface area contributed by atoms with Crippen LogP contribution in [-0.2, 0) is 0 Å². The monoisotopic (exact) mass is 228 g/mol. The van der Waals surface area contributed by atoms with E-state index >= 15 is 0 Å². The Kier molecular flexibility index (Phi) is 4.38. The molecule has 1 fully saturated rings. The molecule has 0 saturated heterocycles. The second kappa shape index (κ2) is 5.03. The van der Waals surface area contributed by atoms with Gasteiger partial charge < -0.3 is 15.7 Å². The largest absolute Gasteiger partial charge is 0.389 e. The molecule has 1 aliphatic rings. The van der Waals surface area contributed by atoms with Crippen molar-refractivity contribution in [2.45, 2.75) is 58.1 Å². The van der Waals surface area contributed by atoms with Crippen LogP contribution in [0.25, 0.3) is 0 Å². The van der Waals surface area contributed by atoms with Crippen LogP contribution >= 0.6 is 0 Å². The van der Waals surface area contributed by atoms with Crippen molar-refractivity contribution in [2.75, 3.05) is 20.1 Å². The highest BCUT2D eigenvalue weighted by Crippen LogP contribution is 2.31. The highest BCUT2D eigenvalue weighted by atomic mass is 16.3. The Balaban J connectivity index is 2.44. The van der Waals surface area contributed by atoms with Gasteiger partial charge in [-0.1, -0.05) is 26.7 Å². The van der Waals surface area contributed by atoms with Gasteiger partial charge in [0.05, 0.1) is 5.60 Å². The molecule has 96 valence electrons. The van der Waals surface area contributed by atoms with Crippen molar-refractivity contribution in [1.29, 1.82) is 0 Å². The number of hydrogen-bond acceptors (Lipinski definition) is 3. The second-order valence-corrected chi connectivity index (χ2v) is 6.38. The molecular formula is C13H28N2O. The fourth-order valence-electron chi connectivity index (χ4n) is 2.59. The third kappa shape index (κ3) is 3.72. The zero-order chi connectivity index (χ0) is 12.4. The number of likely N-dealkylation sites (N-methyl/N-ethyl adjacent to an activating group) is 1. The van der Waals surface area contributed by atoms with Crippen molar-refractivity contribution in [2.24, 2.45) is 11.1 Å². The lowest BCUT2D eigenvalue weighted by molar-refractivity contribution is 0.00657. The van der Waals surface area contributed by atoms with Crippen molar-refractivity contribution in [3.05, 3.63) is 0 Å². The molecule has 0 radical (unpaired) electrons. The Hall–Kier alpha value is -0.120. The Labute approximate surface area is 100 Å². The molecule has 1 rings (SSSR count). The van der Waals surface area contributed by atoms with Crippen LogP contribution in [0.2, 0.25) is 0 Å². The van der Waals surface area contributed by atoms with Crippen molar-refractivity contribution in [3.8, 4) is 0 Å². The lowest BCUT2D eigenvalue weighted by atomic mass is 9.85. The number of nitrogens with two attached hydrogens (primary N) is 1. The number of hydrogen-bond donors (Lipinski definition) is 2. The van der Waals surface area contributed by atoms with Crippen molar-refractivity contribution >= 4 is 0 Å². The van der Waals surface area contributed by atoms with Crippen molar-refractivity contribution in [1.82, 2.24) is 4.90 Å². The van der Waals surface area contributed by atoms with Crippen LogP contribution in [0.5, 0.6) is 0 Å². The van der Waals surface area contributed by atoms with Crippen LogP contribution in [0.15, 0.2) is 0 Å². The van der Waals surface area contributed by atoms with Gasteiger partial charge in [0, 0.05) is 19.1 Å². The van der Waals surface area contributed by atoms with E-state index in [9.17, 15) is 5.11 Å². The highest BCUT2D eigenvalue weighted by molar-refractivity contribution is 4.89. The Morgan fingerprint density at radius 1 is 1.38 bits per heavy atom. The van der Waals surface area contributed by atoms with Crippen LogP contribution < -0.4 is 5.73 Å². The molecule has 0 aliphatic heterocycles. The molecular weight excluding hydrogens is 200 g/mol. The van der Waals surface area contributed by atoms with Gasteiger partial charge in [-0.25, -0.2) is 0 Å². The van der Waals surface area contributed by atoms with Gasteiger partial charge in [-0.3, -0.25) is 0 Å². The molecule has 0 heterocycles. The normalized spacial score (nSPS) is 22.7. The van der Waals surface area contributed by atoms with Gasteiger partial charge in [0.2, 0.25) is 0 Å². The average molecular weight is 228 g/mol. The van der Waals surface area contributed by atoms with Crippen LogP contribution in [-0.4, -0.2) is 41.8 Å². The molecule has 3 heteroatoms. The van der Waals surface area contributed by atoms with E-state index < -0.39 is 5.60 Å². The summed E-state index contributed by atoms with van der Waals surface area (Å²) in [6.07, 6.45) is 4.24. The van der Waals surface area contributed by atoms with E-state index in [1.807, 2.05) is 0 Å². The van der Waals surface area contributed by atoms with Gasteiger partial charge in [0.15, 0.2) is 0 Å². The fourth-order valence-corrected chi connectivity index (χ4v) is 2.59. The summed E-state index contributed by atoms with van der Waals surface area (Å²) in [6, 6.07) is 0.174. The van der Waals surface area contributed by atoms with Crippen LogP contribution in [0, 0.1) is 5.41 Å². The maximum Gasteiger partial charge on any atom is 0.0774 e. The molecule has 0 aromatic carbocycles. The van der Waals surface area contributed by atoms with E-state index in [-0.39, 0.29) is 11.5 Å². The van der Waals surface area contributed by atoms with Crippen molar-refractivity contribution in [3.63, 3.8) is 0 Å². The molecule has 0 aromatic heterocycles. The van der Waals surface area contributed by atoms with Gasteiger partial charge >= 0.3 is 0 Å². The molecule has 1 atom stereocenters. The van der Waals surface area contributed by atoms with Gasteiger partial charge in [-0.15, -0.1) is 0 Å². The average Bonchev–Trinajstić information content (AvgIpc) is 2.49. The van der Waals surface area contributed by atoms with Gasteiger partial charge in [-0.2, -0.15) is 0 Å². The Morgan fingerprint density at radius 3 is 2.31 bits per heavy atom. The van der Waals surface area contributed by atoms with Crippen LogP contribution in [0.4, 0.5) is 0 Å². The second-order valence-electron chi connectivity index (χ2n) is 6.38. The molecule has 0 aromatic rings. The SMILES string of the molecule is CC(N)C(C)(C)CN(C)CC1(O)CCCC1. The minimum atomic E-state index is -0.442. The van der Waals surface area contributed by atoms with Gasteiger partial charge in [0.25, 0.3) is 0 Å². The summed E-state index contributed by atoms with van der Waals surface area (Å²) in [5.41, 5.74) is 5.63. The molecule has 3 nitrogen and oxygen atoms in total. The quantitative estimate of drug-likeness (QED) is 0.751. The third-order valence-corrected chi connectivity index (χ3v) is 4.01. The fraction of sp³-hybridized carbons (Fsp3) is 1.00. The summed E-state index contributed by atoms with van der Waals surface area (Å²) in [4.78, 5) is 2.23. The molecule has 16 heavy (non-hydrogen) atoms. The minimum Gasteiger partial charge on any atom is -0.389 e. The third-order valence-electron chi connectivity index (χ3n) is 4.01. The predicted octanol–water partition coefficient (Wildman–Crippen LogP) is 1.60.